The van der Waals surface area contributed by atoms with Gasteiger partial charge < -0.3 is 25.7 Å². The van der Waals surface area contributed by atoms with Crippen LogP contribution in [0.15, 0.2) is 35.1 Å². The van der Waals surface area contributed by atoms with Gasteiger partial charge in [0.05, 0.1) is 22.7 Å². The van der Waals surface area contributed by atoms with Gasteiger partial charge in [0.1, 0.15) is 5.82 Å². The van der Waals surface area contributed by atoms with E-state index in [1.54, 1.807) is 18.9 Å². The second kappa shape index (κ2) is 10.4. The molecule has 3 aromatic rings. The predicted octanol–water partition coefficient (Wildman–Crippen LogP) is 5.45. The van der Waals surface area contributed by atoms with Gasteiger partial charge in [0, 0.05) is 38.2 Å². The fourth-order valence-corrected chi connectivity index (χ4v) is 5.80. The highest BCUT2D eigenvalue weighted by Gasteiger charge is 2.39. The van der Waals surface area contributed by atoms with Gasteiger partial charge in [-0.3, -0.25) is 4.79 Å². The van der Waals surface area contributed by atoms with Crippen LogP contribution in [-0.2, 0) is 21.3 Å². The number of aromatic amines is 1. The molecule has 40 heavy (non-hydrogen) atoms. The molecule has 1 aliphatic heterocycles. The Balaban J connectivity index is 1.61. The summed E-state index contributed by atoms with van der Waals surface area (Å²) < 4.78 is 46.7. The number of methoxy groups -OCH3 is 1. The second-order valence-corrected chi connectivity index (χ2v) is 10.8. The Morgan fingerprint density at radius 3 is 2.50 bits per heavy atom. The first kappa shape index (κ1) is 27.9. The third-order valence-corrected chi connectivity index (χ3v) is 8.25. The Hall–Kier alpha value is -3.60. The molecule has 8 nitrogen and oxygen atoms in total. The number of anilines is 2. The number of aromatic nitrogens is 2. The molecule has 0 spiro atoms. The molecule has 2 aromatic carbocycles. The van der Waals surface area contributed by atoms with Gasteiger partial charge in [0.2, 0.25) is 5.91 Å². The van der Waals surface area contributed by atoms with E-state index in [0.717, 1.165) is 36.1 Å². The Morgan fingerprint density at radius 1 is 1.23 bits per heavy atom. The lowest BCUT2D eigenvalue weighted by molar-refractivity contribution is -0.137. The average molecular weight is 558 g/mol. The highest BCUT2D eigenvalue weighted by atomic mass is 19.4. The van der Waals surface area contributed by atoms with Gasteiger partial charge in [0.25, 0.3) is 0 Å². The van der Waals surface area contributed by atoms with E-state index in [9.17, 15) is 22.8 Å². The summed E-state index contributed by atoms with van der Waals surface area (Å²) >= 11 is 0. The van der Waals surface area contributed by atoms with Gasteiger partial charge in [-0.25, -0.2) is 4.79 Å². The molecule has 11 heteroatoms. The molecule has 1 aliphatic carbocycles. The summed E-state index contributed by atoms with van der Waals surface area (Å²) in [5, 5.41) is 3.93. The molecule has 2 heterocycles. The number of nitrogen functional groups attached to an aromatic ring is 1. The normalized spacial score (nSPS) is 18.1. The van der Waals surface area contributed by atoms with Gasteiger partial charge in [0.15, 0.2) is 0 Å². The molecule has 1 atom stereocenters. The monoisotopic (exact) mass is 557 g/mol. The molecule has 1 saturated carbocycles. The topological polar surface area (TPSA) is 113 Å². The number of H-pyrrole nitrogens is 1. The van der Waals surface area contributed by atoms with E-state index >= 15 is 0 Å². The van der Waals surface area contributed by atoms with E-state index in [-0.39, 0.29) is 23.3 Å². The van der Waals surface area contributed by atoms with Gasteiger partial charge in [-0.1, -0.05) is 13.0 Å². The molecule has 2 aliphatic rings. The number of nitrogens with zero attached hydrogens (tertiary/aromatic N) is 2. The average Bonchev–Trinajstić information content (AvgIpc) is 3.75. The molecule has 1 saturated heterocycles. The summed E-state index contributed by atoms with van der Waals surface area (Å²) in [5.41, 5.74) is 6.80. The molecule has 214 valence electrons. The highest BCUT2D eigenvalue weighted by molar-refractivity contribution is 5.92. The van der Waals surface area contributed by atoms with Crippen LogP contribution in [0.25, 0.3) is 10.9 Å². The predicted molar refractivity (Wildman–Crippen MR) is 147 cm³/mol. The van der Waals surface area contributed by atoms with Crippen molar-refractivity contribution in [3.63, 3.8) is 0 Å². The quantitative estimate of drug-likeness (QED) is 0.333. The Labute approximate surface area is 230 Å². The Bertz CT molecular complexity index is 1490. The van der Waals surface area contributed by atoms with Crippen molar-refractivity contribution in [2.45, 2.75) is 69.7 Å². The van der Waals surface area contributed by atoms with Gasteiger partial charge >= 0.3 is 11.9 Å². The number of alkyl halides is 3. The smallest absolute Gasteiger partial charge is 0.399 e. The van der Waals surface area contributed by atoms with Crippen LogP contribution in [0, 0.1) is 0 Å². The third kappa shape index (κ3) is 5.39. The van der Waals surface area contributed by atoms with Crippen LogP contribution in [0.4, 0.5) is 24.7 Å². The van der Waals surface area contributed by atoms with Gasteiger partial charge in [-0.15, -0.1) is 0 Å². The van der Waals surface area contributed by atoms with E-state index in [0.29, 0.717) is 48.8 Å². The number of ether oxygens (including phenoxy) is 1. The number of likely N-dealkylation sites (tertiary alicyclic amines) is 1. The van der Waals surface area contributed by atoms with Crippen LogP contribution < -0.4 is 16.7 Å². The van der Waals surface area contributed by atoms with E-state index in [1.807, 2.05) is 13.0 Å². The lowest BCUT2D eigenvalue weighted by atomic mass is 9.82. The molecule has 0 radical (unpaired) electrons. The number of nitrogens with two attached hydrogens (primary N) is 1. The first-order chi connectivity index (χ1) is 18.9. The summed E-state index contributed by atoms with van der Waals surface area (Å²) in [6.07, 6.45) is -0.916. The van der Waals surface area contributed by atoms with Gasteiger partial charge in [-0.2, -0.15) is 18.2 Å². The standard InChI is InChI=1S/C29H34F3N5O3/c1-4-24(18-11-20(29(30,31)32)13-21(33)12-18)34-26-23-15-19(28(40-3)7-9-37(10-8-28)16(2)38)14-22(17-5-6-17)25(23)35-27(39)36-26/h11-15,17,24H,4-10,33H2,1-3H3,(H2,34,35,36,39)/t24-/m1/s1. The van der Waals surface area contributed by atoms with Crippen molar-refractivity contribution >= 4 is 28.3 Å². The number of benzene rings is 2. The molecule has 1 amide bonds. The molecular formula is C29H34F3N5O3. The zero-order chi connectivity index (χ0) is 28.8. The third-order valence-electron chi connectivity index (χ3n) is 8.25. The summed E-state index contributed by atoms with van der Waals surface area (Å²) in [5.74, 6) is 0.596. The van der Waals surface area contributed by atoms with Crippen molar-refractivity contribution in [2.75, 3.05) is 31.2 Å². The first-order valence-electron chi connectivity index (χ1n) is 13.6. The zero-order valence-corrected chi connectivity index (χ0v) is 22.8. The minimum Gasteiger partial charge on any atom is -0.399 e. The maximum Gasteiger partial charge on any atom is 0.416 e. The number of nitrogens with one attached hydrogen (secondary N) is 2. The molecule has 0 unspecified atom stereocenters. The summed E-state index contributed by atoms with van der Waals surface area (Å²) in [6, 6.07) is 6.97. The summed E-state index contributed by atoms with van der Waals surface area (Å²) in [6.45, 7) is 4.52. The lowest BCUT2D eigenvalue weighted by Gasteiger charge is -2.41. The highest BCUT2D eigenvalue weighted by Crippen LogP contribution is 2.47. The minimum absolute atomic E-state index is 0.00560. The van der Waals surface area contributed by atoms with E-state index in [4.69, 9.17) is 10.5 Å². The fourth-order valence-electron chi connectivity index (χ4n) is 5.80. The van der Waals surface area contributed by atoms with Gasteiger partial charge in [-0.05, 0) is 79.0 Å². The number of rotatable bonds is 7. The van der Waals surface area contributed by atoms with Crippen LogP contribution in [0.5, 0.6) is 0 Å². The van der Waals surface area contributed by atoms with Crippen molar-refractivity contribution in [3.05, 3.63) is 63.1 Å². The van der Waals surface area contributed by atoms with Crippen molar-refractivity contribution in [3.8, 4) is 0 Å². The van der Waals surface area contributed by atoms with Crippen molar-refractivity contribution in [1.29, 1.82) is 0 Å². The summed E-state index contributed by atoms with van der Waals surface area (Å²) in [4.78, 5) is 33.6. The molecule has 1 aromatic heterocycles. The second-order valence-electron chi connectivity index (χ2n) is 10.8. The van der Waals surface area contributed by atoms with E-state index in [1.165, 1.54) is 6.07 Å². The molecule has 4 N–H and O–H groups in total. The first-order valence-corrected chi connectivity index (χ1v) is 13.6. The number of carbonyl (C=O) groups is 1. The van der Waals surface area contributed by atoms with Crippen LogP contribution in [-0.4, -0.2) is 41.0 Å². The van der Waals surface area contributed by atoms with Crippen LogP contribution in [0.3, 0.4) is 0 Å². The van der Waals surface area contributed by atoms with Crippen molar-refractivity contribution < 1.29 is 22.7 Å². The molecule has 0 bridgehead atoms. The molecular weight excluding hydrogens is 523 g/mol. The number of fused-ring (bicyclic) bond motifs is 1. The molecule has 2 fully saturated rings. The number of carbonyl (C=O) groups excluding carboxylic acids is 1. The SMILES string of the molecule is CC[C@@H](Nc1nc(=O)[nH]c2c(C3CC3)cc(C3(OC)CCN(C(C)=O)CC3)cc12)c1cc(N)cc(C(F)(F)F)c1. The van der Waals surface area contributed by atoms with Crippen LogP contribution in [0.1, 0.15) is 80.2 Å². The van der Waals surface area contributed by atoms with Crippen LogP contribution in [0.2, 0.25) is 0 Å². The van der Waals surface area contributed by atoms with Crippen molar-refractivity contribution in [2.24, 2.45) is 0 Å². The number of amides is 1. The number of hydrogen-bond acceptors (Lipinski definition) is 6. The lowest BCUT2D eigenvalue weighted by Crippen LogP contribution is -2.45. The van der Waals surface area contributed by atoms with E-state index in [2.05, 4.69) is 21.4 Å². The largest absolute Gasteiger partial charge is 0.416 e. The number of hydrogen-bond donors (Lipinski definition) is 3. The van der Waals surface area contributed by atoms with Crippen molar-refractivity contribution in [1.82, 2.24) is 14.9 Å². The maximum absolute atomic E-state index is 13.5. The summed E-state index contributed by atoms with van der Waals surface area (Å²) in [7, 11) is 1.67. The maximum atomic E-state index is 13.5. The Kier molecular flexibility index (Phi) is 7.28. The molecule has 5 rings (SSSR count). The number of halogens is 3. The zero-order valence-electron chi connectivity index (χ0n) is 22.8. The van der Waals surface area contributed by atoms with E-state index < -0.39 is 29.1 Å². The number of piperidine rings is 1. The fraction of sp³-hybridized carbons (Fsp3) is 0.483. The Morgan fingerprint density at radius 2 is 1.93 bits per heavy atom. The van der Waals surface area contributed by atoms with Crippen LogP contribution >= 0.6 is 0 Å². The minimum atomic E-state index is -4.54.